The summed E-state index contributed by atoms with van der Waals surface area (Å²) in [6, 6.07) is 7.95. The summed E-state index contributed by atoms with van der Waals surface area (Å²) in [4.78, 5) is 6.39. The van der Waals surface area contributed by atoms with E-state index < -0.39 is 0 Å². The molecule has 0 bridgehead atoms. The monoisotopic (exact) mass is 395 g/mol. The van der Waals surface area contributed by atoms with Crippen LogP contribution in [0.25, 0.3) is 5.69 Å². The molecule has 0 saturated heterocycles. The summed E-state index contributed by atoms with van der Waals surface area (Å²) in [5, 5.41) is 0. The van der Waals surface area contributed by atoms with Gasteiger partial charge in [0, 0.05) is 37.0 Å². The van der Waals surface area contributed by atoms with Crippen LogP contribution in [0.5, 0.6) is 5.75 Å². The van der Waals surface area contributed by atoms with Gasteiger partial charge in [0.15, 0.2) is 0 Å². The van der Waals surface area contributed by atoms with Crippen LogP contribution >= 0.6 is 0 Å². The van der Waals surface area contributed by atoms with Gasteiger partial charge in [0.2, 0.25) is 0 Å². The molecule has 1 aromatic heterocycles. The number of ether oxygens (including phenoxy) is 2. The highest BCUT2D eigenvalue weighted by atomic mass is 16.5. The number of likely N-dealkylation sites (N-methyl/N-ethyl adjacent to an activating group) is 1. The molecule has 0 aliphatic rings. The normalized spacial score (nSPS) is 11.6. The summed E-state index contributed by atoms with van der Waals surface area (Å²) in [7, 11) is 0. The largest absolute Gasteiger partial charge is 0.491 e. The van der Waals surface area contributed by atoms with E-state index >= 15 is 0 Å². The molecule has 2 aromatic rings. The first kappa shape index (κ1) is 22.7. The van der Waals surface area contributed by atoms with E-state index in [0.717, 1.165) is 31.1 Å². The number of hydrogen-bond acceptors (Lipinski definition) is 4. The van der Waals surface area contributed by atoms with Crippen molar-refractivity contribution in [1.29, 1.82) is 0 Å². The number of imidazole rings is 1. The molecular formula is C24H33N3O2. The van der Waals surface area contributed by atoms with Crippen molar-refractivity contribution in [3.63, 3.8) is 0 Å². The molecule has 0 atom stereocenters. The third-order valence-corrected chi connectivity index (χ3v) is 4.13. The maximum absolute atomic E-state index is 5.80. The predicted molar refractivity (Wildman–Crippen MR) is 118 cm³/mol. The summed E-state index contributed by atoms with van der Waals surface area (Å²) >= 11 is 0. The Bertz CT molecular complexity index is 796. The number of benzene rings is 1. The van der Waals surface area contributed by atoms with Gasteiger partial charge >= 0.3 is 0 Å². The van der Waals surface area contributed by atoms with E-state index in [1.54, 1.807) is 12.5 Å². The van der Waals surface area contributed by atoms with Gasteiger partial charge in [-0.3, -0.25) is 4.90 Å². The fourth-order valence-corrected chi connectivity index (χ4v) is 2.56. The molecule has 29 heavy (non-hydrogen) atoms. The molecule has 1 aromatic carbocycles. The maximum Gasteiger partial charge on any atom is 0.121 e. The third kappa shape index (κ3) is 9.47. The van der Waals surface area contributed by atoms with Gasteiger partial charge in [-0.2, -0.15) is 0 Å². The second-order valence-electron chi connectivity index (χ2n) is 7.74. The molecule has 0 N–H and O–H groups in total. The van der Waals surface area contributed by atoms with E-state index in [-0.39, 0.29) is 5.41 Å². The van der Waals surface area contributed by atoms with Crippen LogP contribution in [0.1, 0.15) is 27.7 Å². The number of hydrogen-bond donors (Lipinski definition) is 0. The van der Waals surface area contributed by atoms with Gasteiger partial charge in [0.1, 0.15) is 12.4 Å². The van der Waals surface area contributed by atoms with Crippen LogP contribution in [0.3, 0.4) is 0 Å². The quantitative estimate of drug-likeness (QED) is 0.422. The Balaban J connectivity index is 1.62. The lowest BCUT2D eigenvalue weighted by molar-refractivity contribution is 0.0831. The highest BCUT2D eigenvalue weighted by Gasteiger charge is 2.03. The lowest BCUT2D eigenvalue weighted by Gasteiger charge is -2.18. The Labute approximate surface area is 175 Å². The number of nitrogens with zero attached hydrogens (tertiary/aromatic N) is 3. The van der Waals surface area contributed by atoms with Crippen molar-refractivity contribution in [2.24, 2.45) is 5.41 Å². The van der Waals surface area contributed by atoms with Gasteiger partial charge < -0.3 is 14.0 Å². The van der Waals surface area contributed by atoms with Crippen LogP contribution in [-0.4, -0.2) is 53.9 Å². The molecule has 0 fully saturated rings. The average Bonchev–Trinajstić information content (AvgIpc) is 3.23. The molecule has 0 spiro atoms. The fraction of sp³-hybridized carbons (Fsp3) is 0.458. The molecule has 5 heteroatoms. The van der Waals surface area contributed by atoms with Crippen molar-refractivity contribution in [3.8, 4) is 23.3 Å². The zero-order chi connectivity index (χ0) is 21.0. The zero-order valence-corrected chi connectivity index (χ0v) is 18.1. The summed E-state index contributed by atoms with van der Waals surface area (Å²) in [5.74, 6) is 7.14. The molecule has 0 aliphatic carbocycles. The first-order chi connectivity index (χ1) is 14.0. The van der Waals surface area contributed by atoms with Crippen LogP contribution in [0, 0.1) is 17.3 Å². The number of rotatable bonds is 11. The summed E-state index contributed by atoms with van der Waals surface area (Å²) < 4.78 is 13.5. The molecule has 2 rings (SSSR count). The first-order valence-corrected chi connectivity index (χ1v) is 10.2. The molecule has 156 valence electrons. The molecule has 0 radical (unpaired) electrons. The van der Waals surface area contributed by atoms with Crippen molar-refractivity contribution < 1.29 is 9.47 Å². The first-order valence-electron chi connectivity index (χ1n) is 10.2. The van der Waals surface area contributed by atoms with Gasteiger partial charge in [-0.25, -0.2) is 4.98 Å². The Kier molecular flexibility index (Phi) is 9.49. The zero-order valence-electron chi connectivity index (χ0n) is 18.1. The van der Waals surface area contributed by atoms with E-state index in [4.69, 9.17) is 9.47 Å². The van der Waals surface area contributed by atoms with Crippen LogP contribution in [0.15, 0.2) is 55.1 Å². The number of aromatic nitrogens is 2. The second-order valence-corrected chi connectivity index (χ2v) is 7.74. The minimum atomic E-state index is 0.0471. The Morgan fingerprint density at radius 2 is 2.07 bits per heavy atom. The Hall–Kier alpha value is -2.55. The molecule has 0 aliphatic heterocycles. The second kappa shape index (κ2) is 12.1. The molecule has 1 heterocycles. The van der Waals surface area contributed by atoms with Gasteiger partial charge in [-0.05, 0) is 45.5 Å². The Morgan fingerprint density at radius 3 is 2.79 bits per heavy atom. The average molecular weight is 396 g/mol. The predicted octanol–water partition coefficient (Wildman–Crippen LogP) is 4.20. The lowest BCUT2D eigenvalue weighted by atomic mass is 9.98. The summed E-state index contributed by atoms with van der Waals surface area (Å²) in [5.41, 5.74) is 1.07. The van der Waals surface area contributed by atoms with Crippen LogP contribution in [-0.2, 0) is 4.74 Å². The number of allylic oxidation sites excluding steroid dienone is 1. The van der Waals surface area contributed by atoms with Crippen LogP contribution in [0.4, 0.5) is 0 Å². The fourth-order valence-electron chi connectivity index (χ4n) is 2.56. The summed E-state index contributed by atoms with van der Waals surface area (Å²) in [6.45, 7) is 13.1. The molecule has 0 unspecified atom stereocenters. The topological polar surface area (TPSA) is 39.5 Å². The molecular weight excluding hydrogens is 362 g/mol. The van der Waals surface area contributed by atoms with Crippen molar-refractivity contribution in [3.05, 3.63) is 55.1 Å². The smallest absolute Gasteiger partial charge is 0.121 e. The SMILES string of the molecule is CCN(C/C=C/C#CC(C)(C)C)CCOCCOc1cccc(-n2ccnc2)c1. The minimum Gasteiger partial charge on any atom is -0.491 e. The van der Waals surface area contributed by atoms with E-state index in [1.165, 1.54) is 0 Å². The molecule has 0 amide bonds. The summed E-state index contributed by atoms with van der Waals surface area (Å²) in [6.07, 6.45) is 9.50. The van der Waals surface area contributed by atoms with Gasteiger partial charge in [-0.1, -0.05) is 30.9 Å². The lowest BCUT2D eigenvalue weighted by Crippen LogP contribution is -2.28. The van der Waals surface area contributed by atoms with E-state index in [9.17, 15) is 0 Å². The van der Waals surface area contributed by atoms with Gasteiger partial charge in [0.05, 0.1) is 25.2 Å². The molecule has 0 saturated carbocycles. The highest BCUT2D eigenvalue weighted by molar-refractivity contribution is 5.39. The highest BCUT2D eigenvalue weighted by Crippen LogP contribution is 2.16. The Morgan fingerprint density at radius 1 is 1.21 bits per heavy atom. The van der Waals surface area contributed by atoms with Crippen LogP contribution < -0.4 is 4.74 Å². The maximum atomic E-state index is 5.80. The van der Waals surface area contributed by atoms with Crippen LogP contribution in [0.2, 0.25) is 0 Å². The van der Waals surface area contributed by atoms with Crippen molar-refractivity contribution in [1.82, 2.24) is 14.5 Å². The van der Waals surface area contributed by atoms with E-state index in [2.05, 4.69) is 55.5 Å². The minimum absolute atomic E-state index is 0.0471. The van der Waals surface area contributed by atoms with Crippen molar-refractivity contribution >= 4 is 0 Å². The molecule has 5 nitrogen and oxygen atoms in total. The van der Waals surface area contributed by atoms with Crippen molar-refractivity contribution in [2.75, 3.05) is 39.5 Å². The van der Waals surface area contributed by atoms with Gasteiger partial charge in [-0.15, -0.1) is 0 Å². The van der Waals surface area contributed by atoms with Gasteiger partial charge in [0.25, 0.3) is 0 Å². The van der Waals surface area contributed by atoms with E-state index in [1.807, 2.05) is 41.1 Å². The van der Waals surface area contributed by atoms with E-state index in [0.29, 0.717) is 19.8 Å². The van der Waals surface area contributed by atoms with Crippen molar-refractivity contribution in [2.45, 2.75) is 27.7 Å². The standard InChI is InChI=1S/C24H33N3O2/c1-5-26(14-8-6-7-12-24(2,3)4)16-17-28-18-19-29-23-11-9-10-22(20-23)27-15-13-25-21-27/h6,8-11,13,15,20-21H,5,14,16-19H2,1-4H3/b8-6+. The third-order valence-electron chi connectivity index (χ3n) is 4.13.